The molecule has 2 saturated heterocycles. The standard InChI is InChI=1S/C45H56N10O7S/c1-27-23-32(13-14-34(27)47-43-46-25-33-40(49-43)54(42(59)45(33)17-18-45)30-5-3-6-31(56)24-30)63(61,62)50-29-11-9-28(10-12-29)26-52-19-21-53(22-20-52)35-7-4-8-36-39(35)51(2)44(60)55(36)37-15-16-38(57)48-41(37)58/h4,7-8,13-14,23,25,28-31,37,50,56H,3,5-6,9-12,15-22,24,26H2,1-2H3,(H,46,47,49)(H,48,57,58)/t28?,29?,30-,31-,37?/m1/s1. The van der Waals surface area contributed by atoms with Crippen LogP contribution in [0.4, 0.5) is 23.1 Å². The van der Waals surface area contributed by atoms with E-state index in [0.717, 1.165) is 113 Å². The van der Waals surface area contributed by atoms with Gasteiger partial charge in [0.2, 0.25) is 33.7 Å². The minimum atomic E-state index is -3.77. The summed E-state index contributed by atoms with van der Waals surface area (Å²) in [5.41, 5.74) is 3.86. The molecule has 4 N–H and O–H groups in total. The van der Waals surface area contributed by atoms with E-state index in [-0.39, 0.29) is 40.9 Å². The third-order valence-corrected chi connectivity index (χ3v) is 16.1. The van der Waals surface area contributed by atoms with Gasteiger partial charge in [-0.15, -0.1) is 0 Å². The van der Waals surface area contributed by atoms with E-state index in [2.05, 4.69) is 30.1 Å². The Hall–Kier alpha value is -5.17. The van der Waals surface area contributed by atoms with E-state index in [1.54, 1.807) is 36.0 Å². The van der Waals surface area contributed by atoms with Crippen molar-refractivity contribution in [3.05, 3.63) is 64.2 Å². The number of nitrogens with zero attached hydrogens (tertiary/aromatic N) is 7. The summed E-state index contributed by atoms with van der Waals surface area (Å²) in [6, 6.07) is 9.84. The van der Waals surface area contributed by atoms with Crippen LogP contribution in [0.5, 0.6) is 0 Å². The highest BCUT2D eigenvalue weighted by molar-refractivity contribution is 7.89. The van der Waals surface area contributed by atoms with Crippen molar-refractivity contribution in [1.29, 1.82) is 0 Å². The number of benzene rings is 2. The number of fused-ring (bicyclic) bond motifs is 3. The molecule has 2 aromatic heterocycles. The van der Waals surface area contributed by atoms with E-state index in [1.165, 1.54) is 4.57 Å². The first-order chi connectivity index (χ1) is 30.3. The number of piperidine rings is 1. The van der Waals surface area contributed by atoms with E-state index >= 15 is 0 Å². The van der Waals surface area contributed by atoms with Crippen LogP contribution in [-0.4, -0.2) is 106 Å². The van der Waals surface area contributed by atoms with Gasteiger partial charge in [0.1, 0.15) is 11.9 Å². The number of amides is 3. The second-order valence-electron chi connectivity index (χ2n) is 18.7. The number of para-hydroxylation sites is 1. The topological polar surface area (TPSA) is 204 Å². The summed E-state index contributed by atoms with van der Waals surface area (Å²) in [6.07, 6.45) is 9.73. The molecule has 1 unspecified atom stereocenters. The molecule has 63 heavy (non-hydrogen) atoms. The Balaban J connectivity index is 0.727. The van der Waals surface area contributed by atoms with Crippen LogP contribution in [0.1, 0.15) is 94.2 Å². The van der Waals surface area contributed by atoms with Crippen molar-refractivity contribution in [2.24, 2.45) is 13.0 Å². The van der Waals surface area contributed by atoms with Crippen molar-refractivity contribution in [2.75, 3.05) is 47.8 Å². The Bertz CT molecular complexity index is 2660. The highest BCUT2D eigenvalue weighted by atomic mass is 32.2. The van der Waals surface area contributed by atoms with Crippen molar-refractivity contribution >= 4 is 61.9 Å². The van der Waals surface area contributed by atoms with Crippen LogP contribution >= 0.6 is 0 Å². The van der Waals surface area contributed by atoms with Gasteiger partial charge in [-0.2, -0.15) is 4.98 Å². The molecule has 3 atom stereocenters. The third-order valence-electron chi connectivity index (χ3n) is 14.6. The number of aliphatic hydroxyl groups excluding tert-OH is 1. The van der Waals surface area contributed by atoms with Crippen LogP contribution in [-0.2, 0) is 36.9 Å². The summed E-state index contributed by atoms with van der Waals surface area (Å²) in [4.78, 5) is 67.8. The van der Waals surface area contributed by atoms with Crippen LogP contribution < -0.4 is 30.8 Å². The highest BCUT2D eigenvalue weighted by Crippen LogP contribution is 2.57. The van der Waals surface area contributed by atoms with Gasteiger partial charge < -0.3 is 15.3 Å². The van der Waals surface area contributed by atoms with Gasteiger partial charge in [-0.3, -0.25) is 38.6 Å². The molecule has 17 nitrogen and oxygen atoms in total. The van der Waals surface area contributed by atoms with Crippen molar-refractivity contribution in [3.8, 4) is 0 Å². The molecular weight excluding hydrogens is 825 g/mol. The number of rotatable bonds is 10. The summed E-state index contributed by atoms with van der Waals surface area (Å²) in [7, 11) is -2.04. The Labute approximate surface area is 366 Å². The normalized spacial score (nSPS) is 26.3. The van der Waals surface area contributed by atoms with Gasteiger partial charge in [0.05, 0.1) is 33.1 Å². The van der Waals surface area contributed by atoms with E-state index < -0.39 is 33.5 Å². The fourth-order valence-electron chi connectivity index (χ4n) is 11.0. The zero-order chi connectivity index (χ0) is 43.8. The fourth-order valence-corrected chi connectivity index (χ4v) is 12.4. The van der Waals surface area contributed by atoms with Gasteiger partial charge in [-0.05, 0) is 119 Å². The lowest BCUT2D eigenvalue weighted by Crippen LogP contribution is -2.48. The van der Waals surface area contributed by atoms with Crippen molar-refractivity contribution in [3.63, 3.8) is 0 Å². The number of aliphatic hydroxyl groups is 1. The molecule has 2 aromatic carbocycles. The lowest BCUT2D eigenvalue weighted by atomic mass is 9.86. The van der Waals surface area contributed by atoms with Crippen molar-refractivity contribution < 1.29 is 27.9 Å². The Morgan fingerprint density at radius 2 is 1.73 bits per heavy atom. The van der Waals surface area contributed by atoms with Crippen molar-refractivity contribution in [2.45, 2.75) is 119 Å². The number of anilines is 4. The molecule has 10 rings (SSSR count). The number of imidazole rings is 1. The number of hydrogen-bond donors (Lipinski definition) is 4. The average molecular weight is 881 g/mol. The lowest BCUT2D eigenvalue weighted by molar-refractivity contribution is -0.135. The lowest BCUT2D eigenvalue weighted by Gasteiger charge is -2.39. The fraction of sp³-hybridized carbons (Fsp3) is 0.556. The Morgan fingerprint density at radius 3 is 2.44 bits per heavy atom. The second kappa shape index (κ2) is 16.1. The highest BCUT2D eigenvalue weighted by Gasteiger charge is 2.61. The molecule has 5 heterocycles. The van der Waals surface area contributed by atoms with E-state index in [4.69, 9.17) is 4.98 Å². The number of nitrogens with one attached hydrogen (secondary N) is 3. The maximum absolute atomic E-state index is 13.7. The number of aromatic nitrogens is 4. The number of sulfonamides is 1. The summed E-state index contributed by atoms with van der Waals surface area (Å²) in [5, 5.41) is 16.0. The van der Waals surface area contributed by atoms with Gasteiger partial charge in [-0.25, -0.2) is 22.9 Å². The smallest absolute Gasteiger partial charge is 0.329 e. The number of carbonyl (C=O) groups is 3. The van der Waals surface area contributed by atoms with Crippen molar-refractivity contribution in [1.82, 2.24) is 34.0 Å². The summed E-state index contributed by atoms with van der Waals surface area (Å²) in [6.45, 7) is 6.08. The Kier molecular flexibility index (Phi) is 10.7. The molecule has 3 aliphatic heterocycles. The zero-order valence-electron chi connectivity index (χ0n) is 35.9. The molecular formula is C45H56N10O7S. The first-order valence-corrected chi connectivity index (χ1v) is 24.1. The zero-order valence-corrected chi connectivity index (χ0v) is 36.7. The predicted molar refractivity (Wildman–Crippen MR) is 236 cm³/mol. The molecule has 5 fully saturated rings. The van der Waals surface area contributed by atoms with Crippen LogP contribution in [0.25, 0.3) is 11.0 Å². The molecule has 3 saturated carbocycles. The van der Waals surface area contributed by atoms with Gasteiger partial charge in [0, 0.05) is 75.7 Å². The van der Waals surface area contributed by atoms with Gasteiger partial charge >= 0.3 is 5.69 Å². The quantitative estimate of drug-likeness (QED) is 0.169. The van der Waals surface area contributed by atoms with Gasteiger partial charge in [0.25, 0.3) is 0 Å². The molecule has 18 heteroatoms. The maximum Gasteiger partial charge on any atom is 0.329 e. The number of imide groups is 1. The number of aryl methyl sites for hydroxylation is 2. The third kappa shape index (κ3) is 7.61. The van der Waals surface area contributed by atoms with Gasteiger partial charge in [0.15, 0.2) is 0 Å². The number of piperazine rings is 1. The predicted octanol–water partition coefficient (Wildman–Crippen LogP) is 3.50. The van der Waals surface area contributed by atoms with E-state index in [0.29, 0.717) is 41.7 Å². The first kappa shape index (κ1) is 41.8. The molecule has 0 bridgehead atoms. The Morgan fingerprint density at radius 1 is 0.952 bits per heavy atom. The van der Waals surface area contributed by atoms with E-state index in [9.17, 15) is 32.7 Å². The van der Waals surface area contributed by atoms with Gasteiger partial charge in [-0.1, -0.05) is 6.07 Å². The molecule has 6 aliphatic rings. The van der Waals surface area contributed by atoms with Crippen LogP contribution in [0.15, 0.2) is 52.3 Å². The molecule has 3 amide bonds. The monoisotopic (exact) mass is 880 g/mol. The minimum absolute atomic E-state index is 0.0643. The molecule has 4 aromatic rings. The number of hydrogen-bond acceptors (Lipinski definition) is 12. The molecule has 1 spiro atoms. The maximum atomic E-state index is 13.7. The SMILES string of the molecule is Cc1cc(S(=O)(=O)NC2CCC(CN3CCN(c4cccc5c4n(C)c(=O)n5C4CCC(=O)NC4=O)CC3)CC2)ccc1Nc1ncc2c(n1)N([C@@H]1CCC[C@@H](O)C1)C(=O)C21CC1. The average Bonchev–Trinajstić information content (AvgIpc) is 3.98. The second-order valence-corrected chi connectivity index (χ2v) is 20.4. The number of carbonyl (C=O) groups excluding carboxylic acids is 3. The van der Waals surface area contributed by atoms with Crippen LogP contribution in [0.3, 0.4) is 0 Å². The van der Waals surface area contributed by atoms with Crippen LogP contribution in [0.2, 0.25) is 0 Å². The van der Waals surface area contributed by atoms with Crippen LogP contribution in [0, 0.1) is 12.8 Å². The molecule has 0 radical (unpaired) electrons. The molecule has 334 valence electrons. The largest absolute Gasteiger partial charge is 0.393 e. The summed E-state index contributed by atoms with van der Waals surface area (Å²) in [5.74, 6) is 0.724. The summed E-state index contributed by atoms with van der Waals surface area (Å²) >= 11 is 0. The molecule has 3 aliphatic carbocycles. The first-order valence-electron chi connectivity index (χ1n) is 22.6. The summed E-state index contributed by atoms with van der Waals surface area (Å²) < 4.78 is 33.4. The van der Waals surface area contributed by atoms with E-state index in [1.807, 2.05) is 30.0 Å². The minimum Gasteiger partial charge on any atom is -0.393 e.